The molecule has 7 heteroatoms. The van der Waals surface area contributed by atoms with E-state index in [2.05, 4.69) is 10.1 Å². The lowest BCUT2D eigenvalue weighted by molar-refractivity contribution is 0.0699. The number of carboxylic acids is 1. The van der Waals surface area contributed by atoms with Crippen LogP contribution in [0.3, 0.4) is 0 Å². The zero-order chi connectivity index (χ0) is 11.9. The smallest absolute Gasteiger partial charge is 0.336 e. The summed E-state index contributed by atoms with van der Waals surface area (Å²) in [4.78, 5) is 25.9. The first-order valence-electron chi connectivity index (χ1n) is 4.36. The number of primary amides is 1. The van der Waals surface area contributed by atoms with Gasteiger partial charge in [-0.3, -0.25) is 9.48 Å². The number of fused-ring (bicyclic) bond motifs is 1. The number of amides is 1. The van der Waals surface area contributed by atoms with Crippen molar-refractivity contribution in [2.75, 3.05) is 0 Å². The Bertz CT molecular complexity index is 602. The highest BCUT2D eigenvalue weighted by Gasteiger charge is 2.16. The van der Waals surface area contributed by atoms with Crippen molar-refractivity contribution in [3.63, 3.8) is 0 Å². The van der Waals surface area contributed by atoms with Crippen molar-refractivity contribution in [1.82, 2.24) is 14.8 Å². The Morgan fingerprint density at radius 3 is 2.75 bits per heavy atom. The number of hydrogen-bond acceptors (Lipinski definition) is 4. The van der Waals surface area contributed by atoms with E-state index in [9.17, 15) is 9.59 Å². The van der Waals surface area contributed by atoms with Crippen LogP contribution >= 0.6 is 0 Å². The predicted octanol–water partition coefficient (Wildman–Crippen LogP) is -0.235. The van der Waals surface area contributed by atoms with E-state index < -0.39 is 11.9 Å². The molecule has 16 heavy (non-hydrogen) atoms. The van der Waals surface area contributed by atoms with Crippen LogP contribution in [0.1, 0.15) is 20.8 Å². The molecule has 2 aromatic rings. The Labute approximate surface area is 89.5 Å². The molecule has 2 heterocycles. The molecule has 0 aliphatic rings. The van der Waals surface area contributed by atoms with Crippen molar-refractivity contribution in [2.24, 2.45) is 12.8 Å². The summed E-state index contributed by atoms with van der Waals surface area (Å²) in [7, 11) is 1.60. The number of rotatable bonds is 2. The van der Waals surface area contributed by atoms with E-state index in [4.69, 9.17) is 10.8 Å². The highest BCUT2D eigenvalue weighted by molar-refractivity contribution is 6.04. The van der Waals surface area contributed by atoms with Crippen LogP contribution in [0.15, 0.2) is 12.3 Å². The normalized spacial score (nSPS) is 10.6. The molecule has 0 aliphatic carbocycles. The third kappa shape index (κ3) is 1.38. The van der Waals surface area contributed by atoms with Gasteiger partial charge in [0, 0.05) is 7.05 Å². The van der Waals surface area contributed by atoms with Crippen LogP contribution in [0.25, 0.3) is 11.0 Å². The van der Waals surface area contributed by atoms with E-state index in [0.717, 1.165) is 6.07 Å². The molecule has 82 valence electrons. The average molecular weight is 220 g/mol. The summed E-state index contributed by atoms with van der Waals surface area (Å²) in [6.45, 7) is 0. The Kier molecular flexibility index (Phi) is 2.08. The third-order valence-corrected chi connectivity index (χ3v) is 2.19. The van der Waals surface area contributed by atoms with Gasteiger partial charge in [0.2, 0.25) is 0 Å². The van der Waals surface area contributed by atoms with Gasteiger partial charge >= 0.3 is 5.97 Å². The van der Waals surface area contributed by atoms with Gasteiger partial charge in [-0.05, 0) is 6.07 Å². The second-order valence-corrected chi connectivity index (χ2v) is 3.23. The van der Waals surface area contributed by atoms with Crippen LogP contribution in [-0.4, -0.2) is 31.7 Å². The molecule has 0 radical (unpaired) electrons. The van der Waals surface area contributed by atoms with Crippen molar-refractivity contribution in [2.45, 2.75) is 0 Å². The topological polar surface area (TPSA) is 111 Å². The van der Waals surface area contributed by atoms with Crippen LogP contribution in [-0.2, 0) is 7.05 Å². The van der Waals surface area contributed by atoms with E-state index in [-0.39, 0.29) is 11.3 Å². The summed E-state index contributed by atoms with van der Waals surface area (Å²) in [6.07, 6.45) is 1.39. The molecule has 0 aliphatic heterocycles. The van der Waals surface area contributed by atoms with Crippen LogP contribution in [0.2, 0.25) is 0 Å². The molecule has 0 aromatic carbocycles. The fourth-order valence-corrected chi connectivity index (χ4v) is 1.42. The van der Waals surface area contributed by atoms with Gasteiger partial charge in [0.1, 0.15) is 5.69 Å². The van der Waals surface area contributed by atoms with Crippen LogP contribution in [0.4, 0.5) is 0 Å². The molecular weight excluding hydrogens is 212 g/mol. The highest BCUT2D eigenvalue weighted by Crippen LogP contribution is 2.17. The number of carboxylic acid groups (broad SMARTS) is 1. The summed E-state index contributed by atoms with van der Waals surface area (Å²) < 4.78 is 1.38. The molecule has 0 atom stereocenters. The Balaban J connectivity index is 2.86. The minimum atomic E-state index is -1.15. The van der Waals surface area contributed by atoms with Crippen molar-refractivity contribution < 1.29 is 14.7 Å². The molecule has 2 aromatic heterocycles. The van der Waals surface area contributed by atoms with Crippen LogP contribution in [0, 0.1) is 0 Å². The summed E-state index contributed by atoms with van der Waals surface area (Å²) >= 11 is 0. The number of nitrogens with two attached hydrogens (primary N) is 1. The summed E-state index contributed by atoms with van der Waals surface area (Å²) in [5.74, 6) is -1.92. The summed E-state index contributed by atoms with van der Waals surface area (Å²) in [5, 5.41) is 13.2. The van der Waals surface area contributed by atoms with Gasteiger partial charge in [-0.1, -0.05) is 0 Å². The maximum Gasteiger partial charge on any atom is 0.336 e. The SMILES string of the molecule is Cn1ncc2c(C(=O)O)cc(C(N)=O)nc21. The lowest BCUT2D eigenvalue weighted by Gasteiger charge is -2.01. The maximum absolute atomic E-state index is 11.0. The number of aromatic carboxylic acids is 1. The number of aromatic nitrogens is 3. The van der Waals surface area contributed by atoms with Gasteiger partial charge in [0.15, 0.2) is 5.65 Å². The summed E-state index contributed by atoms with van der Waals surface area (Å²) in [6, 6.07) is 1.15. The quantitative estimate of drug-likeness (QED) is 0.725. The first-order valence-corrected chi connectivity index (χ1v) is 4.36. The lowest BCUT2D eigenvalue weighted by atomic mass is 10.1. The average Bonchev–Trinajstić information content (AvgIpc) is 2.59. The van der Waals surface area contributed by atoms with Crippen LogP contribution in [0.5, 0.6) is 0 Å². The number of carbonyl (C=O) groups excluding carboxylic acids is 1. The zero-order valence-electron chi connectivity index (χ0n) is 8.34. The second-order valence-electron chi connectivity index (χ2n) is 3.23. The standard InChI is InChI=1S/C9H8N4O3/c1-13-8-5(3-11-13)4(9(15)16)2-6(12-8)7(10)14/h2-3H,1H3,(H2,10,14)(H,15,16). The van der Waals surface area contributed by atoms with Crippen molar-refractivity contribution in [3.8, 4) is 0 Å². The third-order valence-electron chi connectivity index (χ3n) is 2.19. The zero-order valence-corrected chi connectivity index (χ0v) is 8.34. The maximum atomic E-state index is 11.0. The monoisotopic (exact) mass is 220 g/mol. The first kappa shape index (κ1) is 10.1. The summed E-state index contributed by atoms with van der Waals surface area (Å²) in [5.41, 5.74) is 5.26. The molecule has 0 saturated carbocycles. The Morgan fingerprint density at radius 2 is 2.19 bits per heavy atom. The molecule has 0 unspecified atom stereocenters. The number of hydrogen-bond donors (Lipinski definition) is 2. The molecule has 0 bridgehead atoms. The number of aryl methyl sites for hydroxylation is 1. The second kappa shape index (κ2) is 3.30. The number of carbonyl (C=O) groups is 2. The van der Waals surface area contributed by atoms with Crippen LogP contribution < -0.4 is 5.73 Å². The predicted molar refractivity (Wildman–Crippen MR) is 54.0 cm³/mol. The minimum Gasteiger partial charge on any atom is -0.478 e. The lowest BCUT2D eigenvalue weighted by Crippen LogP contribution is -2.15. The minimum absolute atomic E-state index is 0.0353. The highest BCUT2D eigenvalue weighted by atomic mass is 16.4. The Morgan fingerprint density at radius 1 is 1.50 bits per heavy atom. The molecule has 7 nitrogen and oxygen atoms in total. The van der Waals surface area contributed by atoms with Gasteiger partial charge < -0.3 is 10.8 Å². The molecule has 0 spiro atoms. The molecule has 1 amide bonds. The largest absolute Gasteiger partial charge is 0.478 e. The molecule has 2 rings (SSSR count). The molecule has 3 N–H and O–H groups in total. The molecule has 0 fully saturated rings. The van der Waals surface area contributed by atoms with Crippen molar-refractivity contribution >= 4 is 22.9 Å². The van der Waals surface area contributed by atoms with Crippen molar-refractivity contribution in [3.05, 3.63) is 23.5 Å². The van der Waals surface area contributed by atoms with Gasteiger partial charge in [-0.2, -0.15) is 5.10 Å². The van der Waals surface area contributed by atoms with Gasteiger partial charge in [0.05, 0.1) is 17.1 Å². The fourth-order valence-electron chi connectivity index (χ4n) is 1.42. The van der Waals surface area contributed by atoms with E-state index in [0.29, 0.717) is 11.0 Å². The molecular formula is C9H8N4O3. The van der Waals surface area contributed by atoms with E-state index >= 15 is 0 Å². The number of pyridine rings is 1. The Hall–Kier alpha value is -2.44. The van der Waals surface area contributed by atoms with E-state index in [1.54, 1.807) is 7.05 Å². The van der Waals surface area contributed by atoms with E-state index in [1.807, 2.05) is 0 Å². The van der Waals surface area contributed by atoms with Crippen molar-refractivity contribution in [1.29, 1.82) is 0 Å². The van der Waals surface area contributed by atoms with Gasteiger partial charge in [0.25, 0.3) is 5.91 Å². The first-order chi connectivity index (χ1) is 7.50. The fraction of sp³-hybridized carbons (Fsp3) is 0.111. The molecule has 0 saturated heterocycles. The van der Waals surface area contributed by atoms with E-state index in [1.165, 1.54) is 10.9 Å². The number of nitrogens with zero attached hydrogens (tertiary/aromatic N) is 3. The van der Waals surface area contributed by atoms with Gasteiger partial charge in [-0.25, -0.2) is 9.78 Å². The van der Waals surface area contributed by atoms with Gasteiger partial charge in [-0.15, -0.1) is 0 Å².